The molecular weight excluding hydrogens is 513 g/mol. The lowest BCUT2D eigenvalue weighted by Gasteiger charge is -2.12. The number of nitrogens with zero attached hydrogens (tertiary/aromatic N) is 3. The van der Waals surface area contributed by atoms with Gasteiger partial charge in [0.15, 0.2) is 0 Å². The van der Waals surface area contributed by atoms with Gasteiger partial charge in [-0.25, -0.2) is 13.8 Å². The first-order chi connectivity index (χ1) is 16.3. The van der Waals surface area contributed by atoms with E-state index in [1.165, 1.54) is 18.3 Å². The van der Waals surface area contributed by atoms with Crippen LogP contribution in [0.3, 0.4) is 0 Å². The number of hydrogen-bond acceptors (Lipinski definition) is 6. The molecule has 0 saturated carbocycles. The zero-order chi connectivity index (χ0) is 25.7. The Labute approximate surface area is 202 Å². The smallest absolute Gasteiger partial charge is 0.365 e. The molecule has 0 bridgehead atoms. The lowest BCUT2D eigenvalue weighted by atomic mass is 10.1. The van der Waals surface area contributed by atoms with E-state index < -0.39 is 42.3 Å². The summed E-state index contributed by atoms with van der Waals surface area (Å²) in [6.07, 6.45) is -7.64. The maximum Gasteiger partial charge on any atom is 0.433 e. The number of nitrogens with two attached hydrogens (primary N) is 1. The van der Waals surface area contributed by atoms with Crippen molar-refractivity contribution in [1.82, 2.24) is 14.8 Å². The summed E-state index contributed by atoms with van der Waals surface area (Å²) in [5.74, 6) is -1.88. The van der Waals surface area contributed by atoms with Crippen LogP contribution in [-0.2, 0) is 17.5 Å². The first-order valence-corrected chi connectivity index (χ1v) is 11.5. The highest BCUT2D eigenvalue weighted by atomic mass is 32.1. The van der Waals surface area contributed by atoms with Crippen LogP contribution in [0.25, 0.3) is 20.7 Å². The molecule has 0 fully saturated rings. The van der Waals surface area contributed by atoms with Gasteiger partial charge in [0.1, 0.15) is 27.6 Å². The van der Waals surface area contributed by atoms with Crippen LogP contribution >= 0.6 is 22.7 Å². The lowest BCUT2D eigenvalue weighted by molar-refractivity contribution is -0.144. The monoisotopic (exact) mass is 529 g/mol. The Morgan fingerprint density at radius 3 is 2.46 bits per heavy atom. The third kappa shape index (κ3) is 4.89. The van der Waals surface area contributed by atoms with Crippen LogP contribution in [0.2, 0.25) is 0 Å². The van der Waals surface area contributed by atoms with Gasteiger partial charge in [-0.05, 0) is 38.1 Å². The van der Waals surface area contributed by atoms with Gasteiger partial charge in [0.2, 0.25) is 5.91 Å². The Balaban J connectivity index is 1.83. The average Bonchev–Trinajstić information content (AvgIpc) is 3.44. The zero-order valence-electron chi connectivity index (χ0n) is 18.0. The first kappa shape index (κ1) is 24.7. The molecule has 4 rings (SSSR count). The van der Waals surface area contributed by atoms with Crippen LogP contribution in [0.4, 0.5) is 27.6 Å². The Morgan fingerprint density at radius 2 is 1.89 bits per heavy atom. The number of rotatable bonds is 6. The van der Waals surface area contributed by atoms with Crippen molar-refractivity contribution in [2.24, 2.45) is 5.73 Å². The molecule has 0 aliphatic rings. The van der Waals surface area contributed by atoms with E-state index in [-0.39, 0.29) is 32.0 Å². The van der Waals surface area contributed by atoms with Gasteiger partial charge in [0.05, 0.1) is 11.4 Å². The molecule has 0 atom stereocenters. The Kier molecular flexibility index (Phi) is 6.36. The molecule has 4 heterocycles. The minimum atomic E-state index is -4.74. The fraction of sp³-hybridized carbons (Fsp3) is 0.238. The van der Waals surface area contributed by atoms with Gasteiger partial charge in [-0.2, -0.15) is 18.3 Å². The quantitative estimate of drug-likeness (QED) is 0.321. The molecule has 0 radical (unpaired) electrons. The van der Waals surface area contributed by atoms with Gasteiger partial charge in [0, 0.05) is 20.7 Å². The fourth-order valence-electron chi connectivity index (χ4n) is 3.50. The molecule has 184 valence electrons. The number of nitrogens with one attached hydrogen (secondary N) is 1. The highest BCUT2D eigenvalue weighted by Gasteiger charge is 2.36. The Morgan fingerprint density at radius 1 is 1.17 bits per heavy atom. The van der Waals surface area contributed by atoms with Crippen LogP contribution in [0, 0.1) is 13.8 Å². The molecule has 3 N–H and O–H groups in total. The fourth-order valence-corrected chi connectivity index (χ4v) is 5.41. The number of halogens is 5. The van der Waals surface area contributed by atoms with Crippen molar-refractivity contribution >= 4 is 50.4 Å². The van der Waals surface area contributed by atoms with Crippen molar-refractivity contribution < 1.29 is 31.5 Å². The van der Waals surface area contributed by atoms with Gasteiger partial charge in [-0.1, -0.05) is 0 Å². The summed E-state index contributed by atoms with van der Waals surface area (Å²) in [5, 5.41) is 6.35. The minimum absolute atomic E-state index is 0.0267. The maximum absolute atomic E-state index is 13.5. The number of carbonyl (C=O) groups is 2. The third-order valence-electron chi connectivity index (χ3n) is 4.89. The van der Waals surface area contributed by atoms with Crippen LogP contribution in [0.15, 0.2) is 24.3 Å². The molecule has 0 spiro atoms. The summed E-state index contributed by atoms with van der Waals surface area (Å²) < 4.78 is 67.4. The lowest BCUT2D eigenvalue weighted by Crippen LogP contribution is -2.24. The van der Waals surface area contributed by atoms with E-state index in [2.05, 4.69) is 15.4 Å². The number of pyridine rings is 1. The summed E-state index contributed by atoms with van der Waals surface area (Å²) in [7, 11) is 0. The van der Waals surface area contributed by atoms with Gasteiger partial charge < -0.3 is 11.1 Å². The zero-order valence-corrected chi connectivity index (χ0v) is 19.7. The number of aromatic nitrogens is 3. The number of hydrogen-bond donors (Lipinski definition) is 2. The second-order valence-electron chi connectivity index (χ2n) is 7.53. The second-order valence-corrected chi connectivity index (χ2v) is 9.82. The molecule has 2 amide bonds. The van der Waals surface area contributed by atoms with E-state index in [4.69, 9.17) is 5.73 Å². The average molecular weight is 530 g/mol. The number of carbonyl (C=O) groups excluding carboxylic acids is 2. The summed E-state index contributed by atoms with van der Waals surface area (Å²) in [6.45, 7) is 2.35. The van der Waals surface area contributed by atoms with Crippen molar-refractivity contribution in [3.05, 3.63) is 51.1 Å². The van der Waals surface area contributed by atoms with E-state index in [0.717, 1.165) is 17.0 Å². The number of primary amides is 1. The van der Waals surface area contributed by atoms with E-state index in [1.54, 1.807) is 12.1 Å². The summed E-state index contributed by atoms with van der Waals surface area (Å²) in [5.41, 5.74) is 4.05. The molecule has 0 saturated heterocycles. The second kappa shape index (κ2) is 9.00. The number of fused-ring (bicyclic) bond motifs is 1. The first-order valence-electron chi connectivity index (χ1n) is 9.89. The summed E-state index contributed by atoms with van der Waals surface area (Å²) in [6, 6.07) is 5.42. The van der Waals surface area contributed by atoms with E-state index >= 15 is 0 Å². The van der Waals surface area contributed by atoms with E-state index in [9.17, 15) is 31.5 Å². The number of thiophene rings is 2. The maximum atomic E-state index is 13.5. The van der Waals surface area contributed by atoms with Crippen molar-refractivity contribution in [2.45, 2.75) is 33.0 Å². The normalized spacial score (nSPS) is 12.0. The van der Waals surface area contributed by atoms with Crippen molar-refractivity contribution in [3.63, 3.8) is 0 Å². The number of aryl methyl sites for hydroxylation is 2. The largest absolute Gasteiger partial charge is 0.433 e. The SMILES string of the molecule is Cc1cc(C(F)(F)F)n(CC(=O)Nc2c(C(N)=O)sc3nc(C(F)F)cc(-c4ccc(C)s4)c23)n1. The van der Waals surface area contributed by atoms with Crippen molar-refractivity contribution in [3.8, 4) is 10.4 Å². The number of alkyl halides is 5. The van der Waals surface area contributed by atoms with Gasteiger partial charge in [-0.3, -0.25) is 14.3 Å². The van der Waals surface area contributed by atoms with Crippen LogP contribution in [-0.4, -0.2) is 26.6 Å². The molecule has 0 aliphatic carbocycles. The Hall–Kier alpha value is -3.39. The molecule has 0 unspecified atom stereocenters. The standard InChI is InChI=1S/C21H16F5N5O2S2/c1-8-5-13(21(24,25)26)31(30-8)7-14(32)29-16-15-10(12-4-3-9(2)34-12)6-11(18(22)23)28-20(15)35-17(16)19(27)33/h3-6,18H,7H2,1-2H3,(H2,27,33)(H,29,32). The molecule has 7 nitrogen and oxygen atoms in total. The molecule has 14 heteroatoms. The van der Waals surface area contributed by atoms with E-state index in [0.29, 0.717) is 20.9 Å². The van der Waals surface area contributed by atoms with Crippen LogP contribution < -0.4 is 11.1 Å². The number of anilines is 1. The van der Waals surface area contributed by atoms with Crippen LogP contribution in [0.1, 0.15) is 38.1 Å². The number of amides is 2. The Bertz CT molecular complexity index is 1450. The molecular formula is C21H16F5N5O2S2. The molecule has 4 aromatic rings. The summed E-state index contributed by atoms with van der Waals surface area (Å²) in [4.78, 5) is 30.2. The van der Waals surface area contributed by atoms with Gasteiger partial charge in [-0.15, -0.1) is 22.7 Å². The van der Waals surface area contributed by atoms with Crippen LogP contribution in [0.5, 0.6) is 0 Å². The highest BCUT2D eigenvalue weighted by Crippen LogP contribution is 2.44. The molecule has 35 heavy (non-hydrogen) atoms. The topological polar surface area (TPSA) is 103 Å². The van der Waals surface area contributed by atoms with Gasteiger partial charge in [0.25, 0.3) is 12.3 Å². The minimum Gasteiger partial charge on any atom is -0.365 e. The van der Waals surface area contributed by atoms with Crippen molar-refractivity contribution in [1.29, 1.82) is 0 Å². The summed E-state index contributed by atoms with van der Waals surface area (Å²) >= 11 is 2.00. The molecule has 0 aliphatic heterocycles. The van der Waals surface area contributed by atoms with E-state index in [1.807, 2.05) is 6.92 Å². The molecule has 4 aromatic heterocycles. The predicted molar refractivity (Wildman–Crippen MR) is 122 cm³/mol. The molecule has 0 aromatic carbocycles. The highest BCUT2D eigenvalue weighted by molar-refractivity contribution is 7.21. The predicted octanol–water partition coefficient (Wildman–Crippen LogP) is 5.53. The van der Waals surface area contributed by atoms with Crippen molar-refractivity contribution in [2.75, 3.05) is 5.32 Å². The van der Waals surface area contributed by atoms with Gasteiger partial charge >= 0.3 is 6.18 Å². The third-order valence-corrected chi connectivity index (χ3v) is 7.02.